The van der Waals surface area contributed by atoms with Crippen LogP contribution in [0.25, 0.3) is 0 Å². The molecule has 1 aromatic carbocycles. The summed E-state index contributed by atoms with van der Waals surface area (Å²) in [4.78, 5) is 0. The lowest BCUT2D eigenvalue weighted by Crippen LogP contribution is -2.19. The summed E-state index contributed by atoms with van der Waals surface area (Å²) in [6.45, 7) is 5.15. The summed E-state index contributed by atoms with van der Waals surface area (Å²) in [6, 6.07) is 3.97. The number of benzene rings is 1. The molecular formula is C12H15ClF3N. The van der Waals surface area contributed by atoms with Gasteiger partial charge in [0.15, 0.2) is 0 Å². The quantitative estimate of drug-likeness (QED) is 0.864. The third kappa shape index (κ3) is 4.21. The van der Waals surface area contributed by atoms with E-state index in [9.17, 15) is 13.2 Å². The van der Waals surface area contributed by atoms with Crippen LogP contribution in [0.4, 0.5) is 13.2 Å². The van der Waals surface area contributed by atoms with E-state index in [0.29, 0.717) is 18.0 Å². The zero-order valence-electron chi connectivity index (χ0n) is 9.74. The predicted octanol–water partition coefficient (Wildman–Crippen LogP) is 4.10. The van der Waals surface area contributed by atoms with Gasteiger partial charge in [-0.05, 0) is 24.1 Å². The maximum absolute atomic E-state index is 12.6. The summed E-state index contributed by atoms with van der Waals surface area (Å²) in [5.74, 6) is 0.444. The fourth-order valence-electron chi connectivity index (χ4n) is 1.43. The molecule has 0 saturated carbocycles. The summed E-state index contributed by atoms with van der Waals surface area (Å²) in [5.41, 5.74) is -0.301. The summed E-state index contributed by atoms with van der Waals surface area (Å²) in [6.07, 6.45) is -4.40. The molecule has 0 amide bonds. The van der Waals surface area contributed by atoms with Crippen molar-refractivity contribution in [1.29, 1.82) is 0 Å². The molecule has 0 atom stereocenters. The molecule has 0 aliphatic carbocycles. The van der Waals surface area contributed by atoms with E-state index in [4.69, 9.17) is 11.6 Å². The Morgan fingerprint density at radius 2 is 1.94 bits per heavy atom. The first-order valence-electron chi connectivity index (χ1n) is 5.37. The number of halogens is 4. The van der Waals surface area contributed by atoms with Crippen molar-refractivity contribution in [3.8, 4) is 0 Å². The van der Waals surface area contributed by atoms with Gasteiger partial charge in [0.1, 0.15) is 0 Å². The zero-order valence-corrected chi connectivity index (χ0v) is 10.5. The van der Waals surface area contributed by atoms with E-state index in [1.807, 2.05) is 13.8 Å². The molecule has 1 rings (SSSR count). The van der Waals surface area contributed by atoms with Crippen molar-refractivity contribution in [3.63, 3.8) is 0 Å². The lowest BCUT2D eigenvalue weighted by molar-refractivity contribution is -0.137. The molecule has 1 aromatic rings. The predicted molar refractivity (Wildman–Crippen MR) is 63.0 cm³/mol. The minimum Gasteiger partial charge on any atom is -0.312 e. The van der Waals surface area contributed by atoms with Crippen LogP contribution in [0.1, 0.15) is 25.0 Å². The largest absolute Gasteiger partial charge is 0.417 e. The Morgan fingerprint density at radius 1 is 1.29 bits per heavy atom. The maximum atomic E-state index is 12.6. The lowest BCUT2D eigenvalue weighted by Gasteiger charge is -2.13. The zero-order chi connectivity index (χ0) is 13.1. The van der Waals surface area contributed by atoms with Gasteiger partial charge in [0, 0.05) is 6.54 Å². The van der Waals surface area contributed by atoms with Gasteiger partial charge in [-0.3, -0.25) is 0 Å². The van der Waals surface area contributed by atoms with Crippen LogP contribution in [0.15, 0.2) is 18.2 Å². The Bertz CT molecular complexity index is 375. The van der Waals surface area contributed by atoms with E-state index < -0.39 is 11.7 Å². The Morgan fingerprint density at radius 3 is 2.47 bits per heavy atom. The van der Waals surface area contributed by atoms with E-state index in [2.05, 4.69) is 5.32 Å². The minimum atomic E-state index is -4.40. The average Bonchev–Trinajstić information content (AvgIpc) is 2.18. The van der Waals surface area contributed by atoms with Crippen molar-refractivity contribution in [2.75, 3.05) is 6.54 Å². The van der Waals surface area contributed by atoms with Gasteiger partial charge in [-0.15, -0.1) is 0 Å². The van der Waals surface area contributed by atoms with Crippen LogP contribution in [0.5, 0.6) is 0 Å². The summed E-state index contributed by atoms with van der Waals surface area (Å²) in [5, 5.41) is 2.86. The minimum absolute atomic E-state index is 0.212. The molecule has 5 heteroatoms. The first-order chi connectivity index (χ1) is 7.82. The smallest absolute Gasteiger partial charge is 0.312 e. The average molecular weight is 266 g/mol. The Hall–Kier alpha value is -0.740. The van der Waals surface area contributed by atoms with Gasteiger partial charge in [0.25, 0.3) is 0 Å². The number of hydrogen-bond acceptors (Lipinski definition) is 1. The molecule has 0 radical (unpaired) electrons. The number of hydrogen-bond donors (Lipinski definition) is 1. The van der Waals surface area contributed by atoms with Crippen LogP contribution >= 0.6 is 11.6 Å². The van der Waals surface area contributed by atoms with Crippen LogP contribution in [0.2, 0.25) is 5.02 Å². The Kier molecular flexibility index (Phi) is 4.83. The first kappa shape index (κ1) is 14.3. The normalized spacial score (nSPS) is 12.2. The van der Waals surface area contributed by atoms with Crippen molar-refractivity contribution in [1.82, 2.24) is 5.32 Å². The second-order valence-corrected chi connectivity index (χ2v) is 4.68. The molecule has 0 heterocycles. The third-order valence-electron chi connectivity index (χ3n) is 2.25. The van der Waals surface area contributed by atoms with Crippen molar-refractivity contribution in [3.05, 3.63) is 34.3 Å². The van der Waals surface area contributed by atoms with Gasteiger partial charge in [0.05, 0.1) is 10.6 Å². The number of rotatable bonds is 4. The number of nitrogens with one attached hydrogen (secondary N) is 1. The molecule has 0 aromatic heterocycles. The van der Waals surface area contributed by atoms with Gasteiger partial charge in [-0.25, -0.2) is 0 Å². The topological polar surface area (TPSA) is 12.0 Å². The van der Waals surface area contributed by atoms with Crippen LogP contribution in [-0.2, 0) is 12.7 Å². The fourth-order valence-corrected chi connectivity index (χ4v) is 1.73. The molecule has 17 heavy (non-hydrogen) atoms. The molecule has 0 aliphatic rings. The molecule has 0 unspecified atom stereocenters. The first-order valence-corrected chi connectivity index (χ1v) is 5.75. The molecule has 96 valence electrons. The van der Waals surface area contributed by atoms with Gasteiger partial charge in [-0.2, -0.15) is 13.2 Å². The Labute approximate surface area is 104 Å². The standard InChI is InChI=1S/C12H15ClF3N/c1-8(2)6-17-7-9-4-3-5-10(11(9)13)12(14,15)16/h3-5,8,17H,6-7H2,1-2H3. The van der Waals surface area contributed by atoms with Gasteiger partial charge < -0.3 is 5.32 Å². The number of alkyl halides is 3. The highest BCUT2D eigenvalue weighted by atomic mass is 35.5. The van der Waals surface area contributed by atoms with E-state index >= 15 is 0 Å². The molecule has 0 saturated heterocycles. The van der Waals surface area contributed by atoms with Crippen molar-refractivity contribution in [2.24, 2.45) is 5.92 Å². The Balaban J connectivity index is 2.81. The second-order valence-electron chi connectivity index (χ2n) is 4.30. The second kappa shape index (κ2) is 5.74. The van der Waals surface area contributed by atoms with Crippen LogP contribution in [0, 0.1) is 5.92 Å². The van der Waals surface area contributed by atoms with Crippen molar-refractivity contribution in [2.45, 2.75) is 26.6 Å². The summed E-state index contributed by atoms with van der Waals surface area (Å²) >= 11 is 5.75. The third-order valence-corrected chi connectivity index (χ3v) is 2.70. The van der Waals surface area contributed by atoms with E-state index in [1.165, 1.54) is 6.07 Å². The van der Waals surface area contributed by atoms with E-state index in [0.717, 1.165) is 12.6 Å². The van der Waals surface area contributed by atoms with Crippen molar-refractivity contribution >= 4 is 11.6 Å². The van der Waals surface area contributed by atoms with Crippen LogP contribution in [0.3, 0.4) is 0 Å². The summed E-state index contributed by atoms with van der Waals surface area (Å²) < 4.78 is 37.7. The molecule has 1 N–H and O–H groups in total. The molecular weight excluding hydrogens is 251 g/mol. The van der Waals surface area contributed by atoms with Crippen LogP contribution < -0.4 is 5.32 Å². The maximum Gasteiger partial charge on any atom is 0.417 e. The fraction of sp³-hybridized carbons (Fsp3) is 0.500. The monoisotopic (exact) mass is 265 g/mol. The molecule has 0 aliphatic heterocycles. The lowest BCUT2D eigenvalue weighted by atomic mass is 10.1. The van der Waals surface area contributed by atoms with Crippen LogP contribution in [-0.4, -0.2) is 6.54 Å². The molecule has 0 bridgehead atoms. The highest BCUT2D eigenvalue weighted by molar-refractivity contribution is 6.32. The highest BCUT2D eigenvalue weighted by Gasteiger charge is 2.33. The molecule has 0 spiro atoms. The SMILES string of the molecule is CC(C)CNCc1cccc(C(F)(F)F)c1Cl. The van der Waals surface area contributed by atoms with Gasteiger partial charge in [-0.1, -0.05) is 37.6 Å². The van der Waals surface area contributed by atoms with E-state index in [-0.39, 0.29) is 5.02 Å². The van der Waals surface area contributed by atoms with Gasteiger partial charge in [0.2, 0.25) is 0 Å². The summed E-state index contributed by atoms with van der Waals surface area (Å²) in [7, 11) is 0. The highest BCUT2D eigenvalue weighted by Crippen LogP contribution is 2.36. The molecule has 0 fully saturated rings. The van der Waals surface area contributed by atoms with E-state index in [1.54, 1.807) is 6.07 Å². The molecule has 1 nitrogen and oxygen atoms in total. The van der Waals surface area contributed by atoms with Crippen molar-refractivity contribution < 1.29 is 13.2 Å². The van der Waals surface area contributed by atoms with Gasteiger partial charge >= 0.3 is 6.18 Å².